The molecule has 8 heteroatoms. The van der Waals surface area contributed by atoms with E-state index in [0.29, 0.717) is 38.6 Å². The first-order chi connectivity index (χ1) is 14.0. The number of anilines is 1. The third kappa shape index (κ3) is 4.18. The number of fused-ring (bicyclic) bond motifs is 1. The first kappa shape index (κ1) is 19.2. The zero-order valence-electron chi connectivity index (χ0n) is 15.3. The second-order valence-corrected chi connectivity index (χ2v) is 7.08. The molecule has 4 rings (SSSR count). The van der Waals surface area contributed by atoms with Crippen LogP contribution in [0.5, 0.6) is 5.75 Å². The maximum atomic E-state index is 12.4. The highest BCUT2D eigenvalue weighted by Crippen LogP contribution is 2.30. The number of oxazole rings is 1. The Morgan fingerprint density at radius 2 is 2.03 bits per heavy atom. The van der Waals surface area contributed by atoms with Gasteiger partial charge in [-0.1, -0.05) is 29.3 Å². The van der Waals surface area contributed by atoms with Gasteiger partial charge in [-0.25, -0.2) is 4.98 Å². The quantitative estimate of drug-likeness (QED) is 0.453. The summed E-state index contributed by atoms with van der Waals surface area (Å²) in [5.41, 5.74) is 3.35. The molecule has 2 heterocycles. The lowest BCUT2D eigenvalue weighted by molar-refractivity contribution is -0.118. The molecule has 29 heavy (non-hydrogen) atoms. The molecule has 0 aliphatic heterocycles. The van der Waals surface area contributed by atoms with Gasteiger partial charge in [0.2, 0.25) is 5.89 Å². The third-order valence-electron chi connectivity index (χ3n) is 4.26. The number of pyridine rings is 1. The van der Waals surface area contributed by atoms with Crippen molar-refractivity contribution >= 4 is 46.0 Å². The van der Waals surface area contributed by atoms with Crippen LogP contribution < -0.4 is 10.1 Å². The maximum absolute atomic E-state index is 12.4. The van der Waals surface area contributed by atoms with E-state index >= 15 is 0 Å². The molecule has 4 aromatic rings. The minimum absolute atomic E-state index is 0.197. The van der Waals surface area contributed by atoms with E-state index in [9.17, 15) is 4.79 Å². The molecule has 0 bridgehead atoms. The molecule has 0 saturated carbocycles. The molecule has 0 radical (unpaired) electrons. The Bertz CT molecular complexity index is 1170. The molecule has 0 spiro atoms. The summed E-state index contributed by atoms with van der Waals surface area (Å²) in [5.74, 6) is 0.502. The molecule has 0 aliphatic rings. The van der Waals surface area contributed by atoms with Crippen LogP contribution in [0.15, 0.2) is 59.1 Å². The summed E-state index contributed by atoms with van der Waals surface area (Å²) in [7, 11) is 0. The summed E-state index contributed by atoms with van der Waals surface area (Å²) < 4.78 is 11.3. The molecule has 2 aromatic carbocycles. The zero-order chi connectivity index (χ0) is 20.4. The van der Waals surface area contributed by atoms with Crippen molar-refractivity contribution in [3.63, 3.8) is 0 Å². The fourth-order valence-corrected chi connectivity index (χ4v) is 3.27. The molecular formula is C21H15Cl2N3O3. The SMILES string of the molecule is Cc1c(NC(=O)COc2ccc(Cl)cc2Cl)cccc1-c1nc2ncccc2o1. The normalized spacial score (nSPS) is 10.9. The predicted octanol–water partition coefficient (Wildman–Crippen LogP) is 5.52. The van der Waals surface area contributed by atoms with Crippen molar-refractivity contribution in [2.45, 2.75) is 6.92 Å². The van der Waals surface area contributed by atoms with E-state index < -0.39 is 0 Å². The monoisotopic (exact) mass is 427 g/mol. The summed E-state index contributed by atoms with van der Waals surface area (Å²) in [5, 5.41) is 3.67. The number of ether oxygens (including phenoxy) is 1. The van der Waals surface area contributed by atoms with Gasteiger partial charge in [0.1, 0.15) is 5.75 Å². The summed E-state index contributed by atoms with van der Waals surface area (Å²) in [6, 6.07) is 13.9. The predicted molar refractivity (Wildman–Crippen MR) is 113 cm³/mol. The lowest BCUT2D eigenvalue weighted by Crippen LogP contribution is -2.20. The van der Waals surface area contributed by atoms with Crippen molar-refractivity contribution in [1.82, 2.24) is 9.97 Å². The number of halogens is 2. The molecule has 146 valence electrons. The number of carbonyl (C=O) groups is 1. The topological polar surface area (TPSA) is 77.2 Å². The Kier molecular flexibility index (Phi) is 5.38. The number of carbonyl (C=O) groups excluding carboxylic acids is 1. The van der Waals surface area contributed by atoms with Crippen LogP contribution in [0.1, 0.15) is 5.56 Å². The molecular weight excluding hydrogens is 413 g/mol. The van der Waals surface area contributed by atoms with Crippen molar-refractivity contribution in [2.75, 3.05) is 11.9 Å². The van der Waals surface area contributed by atoms with E-state index in [4.69, 9.17) is 32.4 Å². The Hall–Kier alpha value is -3.09. The fraction of sp³-hybridized carbons (Fsp3) is 0.0952. The summed E-state index contributed by atoms with van der Waals surface area (Å²) >= 11 is 11.9. The largest absolute Gasteiger partial charge is 0.482 e. The number of hydrogen-bond acceptors (Lipinski definition) is 5. The van der Waals surface area contributed by atoms with E-state index in [0.717, 1.165) is 11.1 Å². The number of benzene rings is 2. The Morgan fingerprint density at radius 1 is 1.17 bits per heavy atom. The second-order valence-electron chi connectivity index (χ2n) is 6.23. The van der Waals surface area contributed by atoms with Crippen molar-refractivity contribution in [3.05, 3.63) is 70.3 Å². The molecule has 0 aliphatic carbocycles. The van der Waals surface area contributed by atoms with Gasteiger partial charge in [-0.15, -0.1) is 0 Å². The van der Waals surface area contributed by atoms with Crippen LogP contribution in [0.4, 0.5) is 5.69 Å². The lowest BCUT2D eigenvalue weighted by atomic mass is 10.1. The molecule has 2 aromatic heterocycles. The second kappa shape index (κ2) is 8.11. The number of rotatable bonds is 5. The fourth-order valence-electron chi connectivity index (χ4n) is 2.81. The minimum atomic E-state index is -0.324. The third-order valence-corrected chi connectivity index (χ3v) is 4.79. The minimum Gasteiger partial charge on any atom is -0.482 e. The number of amides is 1. The van der Waals surface area contributed by atoms with E-state index in [1.807, 2.05) is 19.1 Å². The standard InChI is InChI=1S/C21H15Cl2N3O3/c1-12-14(21-26-20-18(29-21)6-3-9-24-20)4-2-5-16(12)25-19(27)11-28-17-8-7-13(22)10-15(17)23/h2-10H,11H2,1H3,(H,25,27). The van der Waals surface area contributed by atoms with E-state index in [1.165, 1.54) is 0 Å². The van der Waals surface area contributed by atoms with E-state index in [-0.39, 0.29) is 12.5 Å². The Balaban J connectivity index is 1.50. The maximum Gasteiger partial charge on any atom is 0.262 e. The smallest absolute Gasteiger partial charge is 0.262 e. The number of aromatic nitrogens is 2. The first-order valence-corrected chi connectivity index (χ1v) is 9.46. The summed E-state index contributed by atoms with van der Waals surface area (Å²) in [6.45, 7) is 1.68. The first-order valence-electron chi connectivity index (χ1n) is 8.70. The van der Waals surface area contributed by atoms with E-state index in [2.05, 4.69) is 15.3 Å². The van der Waals surface area contributed by atoms with Crippen molar-refractivity contribution in [2.24, 2.45) is 0 Å². The van der Waals surface area contributed by atoms with Gasteiger partial charge in [0.05, 0.1) is 5.02 Å². The number of nitrogens with one attached hydrogen (secondary N) is 1. The van der Waals surface area contributed by atoms with Gasteiger partial charge < -0.3 is 14.5 Å². The van der Waals surface area contributed by atoms with Crippen LogP contribution >= 0.6 is 23.2 Å². The molecule has 0 unspecified atom stereocenters. The van der Waals surface area contributed by atoms with Gasteiger partial charge in [0, 0.05) is 22.5 Å². The average Bonchev–Trinajstić information content (AvgIpc) is 3.13. The van der Waals surface area contributed by atoms with E-state index in [1.54, 1.807) is 42.6 Å². The summed E-state index contributed by atoms with van der Waals surface area (Å²) in [6.07, 6.45) is 1.66. The number of hydrogen-bond donors (Lipinski definition) is 1. The van der Waals surface area contributed by atoms with Crippen molar-refractivity contribution in [3.8, 4) is 17.2 Å². The molecule has 0 saturated heterocycles. The Labute approximate surface area is 176 Å². The highest BCUT2D eigenvalue weighted by atomic mass is 35.5. The van der Waals surface area contributed by atoms with Crippen LogP contribution in [-0.2, 0) is 4.79 Å². The van der Waals surface area contributed by atoms with Crippen molar-refractivity contribution in [1.29, 1.82) is 0 Å². The highest BCUT2D eigenvalue weighted by Gasteiger charge is 2.15. The van der Waals surface area contributed by atoms with Gasteiger partial charge in [-0.2, -0.15) is 4.98 Å². The molecule has 1 amide bonds. The molecule has 6 nitrogen and oxygen atoms in total. The summed E-state index contributed by atoms with van der Waals surface area (Å²) in [4.78, 5) is 21.0. The number of nitrogens with zero attached hydrogens (tertiary/aromatic N) is 2. The van der Waals surface area contributed by atoms with Gasteiger partial charge in [-0.3, -0.25) is 4.79 Å². The van der Waals surface area contributed by atoms with Crippen LogP contribution in [0.3, 0.4) is 0 Å². The molecule has 1 N–H and O–H groups in total. The van der Waals surface area contributed by atoms with Crippen LogP contribution in [-0.4, -0.2) is 22.5 Å². The zero-order valence-corrected chi connectivity index (χ0v) is 16.8. The van der Waals surface area contributed by atoms with Gasteiger partial charge >= 0.3 is 0 Å². The molecule has 0 fully saturated rings. The van der Waals surface area contributed by atoms with Crippen LogP contribution in [0.25, 0.3) is 22.7 Å². The molecule has 0 atom stereocenters. The van der Waals surface area contributed by atoms with Gasteiger partial charge in [0.15, 0.2) is 17.8 Å². The average molecular weight is 428 g/mol. The van der Waals surface area contributed by atoms with Crippen LogP contribution in [0, 0.1) is 6.92 Å². The van der Waals surface area contributed by atoms with Crippen molar-refractivity contribution < 1.29 is 13.9 Å². The Morgan fingerprint density at radius 3 is 2.83 bits per heavy atom. The highest BCUT2D eigenvalue weighted by molar-refractivity contribution is 6.35. The lowest BCUT2D eigenvalue weighted by Gasteiger charge is -2.12. The van der Waals surface area contributed by atoms with Gasteiger partial charge in [0.25, 0.3) is 5.91 Å². The van der Waals surface area contributed by atoms with Crippen LogP contribution in [0.2, 0.25) is 10.0 Å². The van der Waals surface area contributed by atoms with Gasteiger partial charge in [-0.05, 0) is 55.0 Å².